The number of furan rings is 1. The fourth-order valence-electron chi connectivity index (χ4n) is 2.03. The molecule has 0 saturated carbocycles. The van der Waals surface area contributed by atoms with Crippen LogP contribution < -0.4 is 10.1 Å². The number of benzene rings is 1. The van der Waals surface area contributed by atoms with Gasteiger partial charge >= 0.3 is 0 Å². The Kier molecular flexibility index (Phi) is 3.31. The van der Waals surface area contributed by atoms with Crippen LogP contribution in [0.1, 0.15) is 16.2 Å². The SMILES string of the molecule is COc1cccc(NC(=O)c2cc3nc(C)ccc3o2)c1. The predicted molar refractivity (Wildman–Crippen MR) is 79.7 cm³/mol. The summed E-state index contributed by atoms with van der Waals surface area (Å²) in [6.45, 7) is 1.89. The van der Waals surface area contributed by atoms with Gasteiger partial charge in [0.15, 0.2) is 11.3 Å². The van der Waals surface area contributed by atoms with Crippen molar-refractivity contribution in [3.8, 4) is 5.75 Å². The molecule has 2 aromatic heterocycles. The fourth-order valence-corrected chi connectivity index (χ4v) is 2.03. The molecule has 5 nitrogen and oxygen atoms in total. The number of amides is 1. The number of rotatable bonds is 3. The summed E-state index contributed by atoms with van der Waals surface area (Å²) in [5.74, 6) is 0.583. The van der Waals surface area contributed by atoms with Gasteiger partial charge in [0, 0.05) is 23.5 Å². The van der Waals surface area contributed by atoms with Crippen LogP contribution in [0.2, 0.25) is 0 Å². The Bertz CT molecular complexity index is 808. The van der Waals surface area contributed by atoms with Crippen molar-refractivity contribution in [3.63, 3.8) is 0 Å². The van der Waals surface area contributed by atoms with E-state index < -0.39 is 0 Å². The molecular weight excluding hydrogens is 268 g/mol. The zero-order valence-electron chi connectivity index (χ0n) is 11.7. The van der Waals surface area contributed by atoms with Crippen molar-refractivity contribution in [2.45, 2.75) is 6.92 Å². The highest BCUT2D eigenvalue weighted by Crippen LogP contribution is 2.21. The van der Waals surface area contributed by atoms with E-state index in [9.17, 15) is 4.79 Å². The van der Waals surface area contributed by atoms with Crippen LogP contribution >= 0.6 is 0 Å². The molecule has 0 aliphatic heterocycles. The van der Waals surface area contributed by atoms with Crippen LogP contribution in [-0.4, -0.2) is 18.0 Å². The average Bonchev–Trinajstić information content (AvgIpc) is 2.90. The number of ether oxygens (including phenoxy) is 1. The van der Waals surface area contributed by atoms with Crippen molar-refractivity contribution in [3.05, 3.63) is 53.9 Å². The maximum absolute atomic E-state index is 12.2. The Balaban J connectivity index is 1.86. The standard InChI is InChI=1S/C16H14N2O3/c1-10-6-7-14-13(17-10)9-15(21-14)16(19)18-11-4-3-5-12(8-11)20-2/h3-9H,1-2H3,(H,18,19). The van der Waals surface area contributed by atoms with Crippen molar-refractivity contribution in [1.29, 1.82) is 0 Å². The van der Waals surface area contributed by atoms with E-state index in [2.05, 4.69) is 10.3 Å². The lowest BCUT2D eigenvalue weighted by Crippen LogP contribution is -2.10. The lowest BCUT2D eigenvalue weighted by molar-refractivity contribution is 0.0998. The number of hydrogen-bond acceptors (Lipinski definition) is 4. The summed E-state index contributed by atoms with van der Waals surface area (Å²) >= 11 is 0. The highest BCUT2D eigenvalue weighted by Gasteiger charge is 2.13. The van der Waals surface area contributed by atoms with Crippen LogP contribution in [-0.2, 0) is 0 Å². The maximum Gasteiger partial charge on any atom is 0.291 e. The summed E-state index contributed by atoms with van der Waals surface area (Å²) < 4.78 is 10.6. The van der Waals surface area contributed by atoms with Gasteiger partial charge in [-0.2, -0.15) is 0 Å². The number of methoxy groups -OCH3 is 1. The van der Waals surface area contributed by atoms with Gasteiger partial charge in [0.2, 0.25) is 0 Å². The first-order valence-electron chi connectivity index (χ1n) is 6.48. The zero-order valence-corrected chi connectivity index (χ0v) is 11.7. The van der Waals surface area contributed by atoms with Crippen molar-refractivity contribution in [2.75, 3.05) is 12.4 Å². The molecule has 2 heterocycles. The molecule has 0 saturated heterocycles. The van der Waals surface area contributed by atoms with E-state index in [0.29, 0.717) is 22.5 Å². The smallest absolute Gasteiger partial charge is 0.291 e. The average molecular weight is 282 g/mol. The molecule has 0 aliphatic carbocycles. The zero-order chi connectivity index (χ0) is 14.8. The van der Waals surface area contributed by atoms with Crippen molar-refractivity contribution in [1.82, 2.24) is 4.98 Å². The third kappa shape index (κ3) is 2.72. The molecule has 0 spiro atoms. The van der Waals surface area contributed by atoms with Crippen molar-refractivity contribution in [2.24, 2.45) is 0 Å². The molecule has 0 atom stereocenters. The van der Waals surface area contributed by atoms with Crippen LogP contribution in [0.4, 0.5) is 5.69 Å². The number of carbonyl (C=O) groups is 1. The first-order chi connectivity index (χ1) is 10.2. The summed E-state index contributed by atoms with van der Waals surface area (Å²) in [5, 5.41) is 2.77. The first-order valence-corrected chi connectivity index (χ1v) is 6.48. The van der Waals surface area contributed by atoms with E-state index in [4.69, 9.17) is 9.15 Å². The molecule has 3 rings (SSSR count). The summed E-state index contributed by atoms with van der Waals surface area (Å²) in [5.41, 5.74) is 2.79. The Morgan fingerprint density at radius 2 is 2.10 bits per heavy atom. The maximum atomic E-state index is 12.2. The number of hydrogen-bond donors (Lipinski definition) is 1. The van der Waals surface area contributed by atoms with Gasteiger partial charge in [0.05, 0.1) is 7.11 Å². The van der Waals surface area contributed by atoms with Crippen molar-refractivity contribution < 1.29 is 13.9 Å². The number of fused-ring (bicyclic) bond motifs is 1. The number of aromatic nitrogens is 1. The van der Waals surface area contributed by atoms with Gasteiger partial charge in [-0.15, -0.1) is 0 Å². The number of nitrogens with zero attached hydrogens (tertiary/aromatic N) is 1. The molecular formula is C16H14N2O3. The number of anilines is 1. The molecule has 0 radical (unpaired) electrons. The number of nitrogens with one attached hydrogen (secondary N) is 1. The summed E-state index contributed by atoms with van der Waals surface area (Å²) in [4.78, 5) is 16.5. The second-order valence-corrected chi connectivity index (χ2v) is 4.63. The molecule has 0 unspecified atom stereocenters. The van der Waals surface area contributed by atoms with Gasteiger partial charge in [-0.05, 0) is 31.2 Å². The molecule has 0 bridgehead atoms. The molecule has 1 N–H and O–H groups in total. The topological polar surface area (TPSA) is 64.4 Å². The fraction of sp³-hybridized carbons (Fsp3) is 0.125. The van der Waals surface area contributed by atoms with E-state index >= 15 is 0 Å². The van der Waals surface area contributed by atoms with Crippen LogP contribution in [0.25, 0.3) is 11.1 Å². The largest absolute Gasteiger partial charge is 0.497 e. The third-order valence-electron chi connectivity index (χ3n) is 3.06. The Morgan fingerprint density at radius 3 is 2.90 bits per heavy atom. The first kappa shape index (κ1) is 13.2. The monoisotopic (exact) mass is 282 g/mol. The molecule has 1 amide bonds. The number of pyridine rings is 1. The lowest BCUT2D eigenvalue weighted by Gasteiger charge is -2.05. The van der Waals surface area contributed by atoms with Gasteiger partial charge in [-0.3, -0.25) is 4.79 Å². The molecule has 106 valence electrons. The van der Waals surface area contributed by atoms with Crippen LogP contribution in [0.5, 0.6) is 5.75 Å². The molecule has 1 aromatic carbocycles. The van der Waals surface area contributed by atoms with Crippen LogP contribution in [0, 0.1) is 6.92 Å². The second kappa shape index (κ2) is 5.28. The van der Waals surface area contributed by atoms with E-state index in [1.807, 2.05) is 19.1 Å². The Labute approximate surface area is 121 Å². The van der Waals surface area contributed by atoms with Gasteiger partial charge in [-0.1, -0.05) is 6.07 Å². The highest BCUT2D eigenvalue weighted by atomic mass is 16.5. The minimum absolute atomic E-state index is 0.228. The van der Waals surface area contributed by atoms with Gasteiger partial charge in [-0.25, -0.2) is 4.98 Å². The summed E-state index contributed by atoms with van der Waals surface area (Å²) in [7, 11) is 1.58. The molecule has 21 heavy (non-hydrogen) atoms. The number of aryl methyl sites for hydroxylation is 1. The Hall–Kier alpha value is -2.82. The van der Waals surface area contributed by atoms with E-state index in [0.717, 1.165) is 5.69 Å². The lowest BCUT2D eigenvalue weighted by atomic mass is 10.3. The quantitative estimate of drug-likeness (QED) is 0.799. The van der Waals surface area contributed by atoms with E-state index in [-0.39, 0.29) is 11.7 Å². The summed E-state index contributed by atoms with van der Waals surface area (Å²) in [6.07, 6.45) is 0. The highest BCUT2D eigenvalue weighted by molar-refractivity contribution is 6.04. The third-order valence-corrected chi connectivity index (χ3v) is 3.06. The van der Waals surface area contributed by atoms with Gasteiger partial charge in [0.1, 0.15) is 11.3 Å². The van der Waals surface area contributed by atoms with E-state index in [1.165, 1.54) is 0 Å². The second-order valence-electron chi connectivity index (χ2n) is 4.63. The minimum Gasteiger partial charge on any atom is -0.497 e. The molecule has 3 aromatic rings. The van der Waals surface area contributed by atoms with Crippen LogP contribution in [0.15, 0.2) is 46.9 Å². The predicted octanol–water partition coefficient (Wildman–Crippen LogP) is 3.40. The van der Waals surface area contributed by atoms with Crippen LogP contribution in [0.3, 0.4) is 0 Å². The summed E-state index contributed by atoms with van der Waals surface area (Å²) in [6, 6.07) is 12.4. The normalized spacial score (nSPS) is 10.6. The van der Waals surface area contributed by atoms with Gasteiger partial charge < -0.3 is 14.5 Å². The van der Waals surface area contributed by atoms with Crippen molar-refractivity contribution >= 4 is 22.7 Å². The molecule has 0 aliphatic rings. The molecule has 0 fully saturated rings. The Morgan fingerprint density at radius 1 is 1.24 bits per heavy atom. The molecule has 5 heteroatoms. The number of carbonyl (C=O) groups excluding carboxylic acids is 1. The van der Waals surface area contributed by atoms with E-state index in [1.54, 1.807) is 37.4 Å². The minimum atomic E-state index is -0.320. The van der Waals surface area contributed by atoms with Gasteiger partial charge in [0.25, 0.3) is 5.91 Å².